The van der Waals surface area contributed by atoms with Gasteiger partial charge in [0.05, 0.1) is 12.1 Å². The molecule has 0 aromatic carbocycles. The van der Waals surface area contributed by atoms with E-state index >= 15 is 0 Å². The molecular weight excluding hydrogens is 190 g/mol. The molecule has 0 amide bonds. The number of ketones is 1. The van der Waals surface area contributed by atoms with Crippen LogP contribution in [0.2, 0.25) is 0 Å². The number of aromatic nitrogens is 3. The van der Waals surface area contributed by atoms with Crippen molar-refractivity contribution in [3.63, 3.8) is 0 Å². The van der Waals surface area contributed by atoms with E-state index in [-0.39, 0.29) is 11.7 Å². The van der Waals surface area contributed by atoms with Gasteiger partial charge in [-0.3, -0.25) is 9.20 Å². The highest BCUT2D eigenvalue weighted by Crippen LogP contribution is 2.04. The molecule has 13 heavy (non-hydrogen) atoms. The maximum Gasteiger partial charge on any atom is 0.234 e. The lowest BCUT2D eigenvalue weighted by atomic mass is 10.3. The molecule has 0 fully saturated rings. The molecule has 0 bridgehead atoms. The van der Waals surface area contributed by atoms with Crippen LogP contribution in [-0.2, 0) is 0 Å². The summed E-state index contributed by atoms with van der Waals surface area (Å²) in [6, 6.07) is 1.74. The minimum atomic E-state index is -0.151. The Hall–Kier alpha value is -1.42. The van der Waals surface area contributed by atoms with E-state index in [9.17, 15) is 4.79 Å². The predicted octanol–water partition coefficient (Wildman–Crippen LogP) is 1.15. The summed E-state index contributed by atoms with van der Waals surface area (Å²) >= 11 is 5.43. The van der Waals surface area contributed by atoms with Gasteiger partial charge >= 0.3 is 0 Å². The summed E-state index contributed by atoms with van der Waals surface area (Å²) in [6.45, 7) is 0. The number of Topliss-reactive ketones (excluding diaryl/α,β-unsaturated/α-hetero) is 1. The zero-order valence-corrected chi connectivity index (χ0v) is 7.40. The first-order valence-electron chi connectivity index (χ1n) is 3.70. The molecule has 2 aromatic heterocycles. The van der Waals surface area contributed by atoms with E-state index < -0.39 is 0 Å². The molecule has 0 radical (unpaired) electrons. The zero-order valence-electron chi connectivity index (χ0n) is 6.64. The quantitative estimate of drug-likeness (QED) is 0.534. The first-order valence-corrected chi connectivity index (χ1v) is 4.23. The molecule has 2 rings (SSSR count). The van der Waals surface area contributed by atoms with Crippen molar-refractivity contribution in [2.24, 2.45) is 0 Å². The average molecular weight is 196 g/mol. The van der Waals surface area contributed by atoms with Crippen molar-refractivity contribution in [3.8, 4) is 0 Å². The highest BCUT2D eigenvalue weighted by molar-refractivity contribution is 6.30. The minimum Gasteiger partial charge on any atom is -0.291 e. The monoisotopic (exact) mass is 195 g/mol. The predicted molar refractivity (Wildman–Crippen MR) is 48.0 cm³/mol. The van der Waals surface area contributed by atoms with E-state index in [1.807, 2.05) is 0 Å². The lowest BCUT2D eigenvalue weighted by molar-refractivity contribution is 0.101. The largest absolute Gasteiger partial charge is 0.291 e. The number of fused-ring (bicyclic) bond motifs is 1. The Kier molecular flexibility index (Phi) is 1.98. The first kappa shape index (κ1) is 8.19. The Morgan fingerprint density at radius 2 is 2.38 bits per heavy atom. The zero-order chi connectivity index (χ0) is 9.26. The van der Waals surface area contributed by atoms with E-state index in [1.54, 1.807) is 22.9 Å². The van der Waals surface area contributed by atoms with Crippen molar-refractivity contribution in [2.75, 3.05) is 5.88 Å². The van der Waals surface area contributed by atoms with Crippen LogP contribution in [-0.4, -0.2) is 26.0 Å². The molecule has 0 N–H and O–H groups in total. The molecule has 5 heteroatoms. The summed E-state index contributed by atoms with van der Waals surface area (Å²) in [5, 5.41) is 0. The standard InChI is InChI=1S/C8H6ClN3O/c9-4-7(13)6-5-11-8-10-2-1-3-12(6)8/h1-3,5H,4H2. The Balaban J connectivity index is 2.64. The molecule has 66 valence electrons. The third-order valence-corrected chi connectivity index (χ3v) is 1.94. The van der Waals surface area contributed by atoms with Gasteiger partial charge in [0.2, 0.25) is 5.78 Å². The van der Waals surface area contributed by atoms with Gasteiger partial charge in [0.1, 0.15) is 5.69 Å². The van der Waals surface area contributed by atoms with Crippen molar-refractivity contribution in [3.05, 3.63) is 30.4 Å². The van der Waals surface area contributed by atoms with Crippen LogP contribution in [0.5, 0.6) is 0 Å². The Morgan fingerprint density at radius 1 is 1.54 bits per heavy atom. The van der Waals surface area contributed by atoms with Crippen molar-refractivity contribution in [1.29, 1.82) is 0 Å². The number of nitrogens with zero attached hydrogens (tertiary/aromatic N) is 3. The Morgan fingerprint density at radius 3 is 3.15 bits per heavy atom. The summed E-state index contributed by atoms with van der Waals surface area (Å²) in [5.41, 5.74) is 0.470. The van der Waals surface area contributed by atoms with E-state index in [4.69, 9.17) is 11.6 Å². The highest BCUT2D eigenvalue weighted by atomic mass is 35.5. The SMILES string of the molecule is O=C(CCl)c1cnc2ncccn12. The summed E-state index contributed by atoms with van der Waals surface area (Å²) in [4.78, 5) is 19.2. The number of carbonyl (C=O) groups excluding carboxylic acids is 1. The van der Waals surface area contributed by atoms with Gasteiger partial charge in [0, 0.05) is 12.4 Å². The number of rotatable bonds is 2. The second-order valence-electron chi connectivity index (χ2n) is 2.49. The van der Waals surface area contributed by atoms with Crippen molar-refractivity contribution < 1.29 is 4.79 Å². The average Bonchev–Trinajstić information content (AvgIpc) is 2.60. The van der Waals surface area contributed by atoms with Gasteiger partial charge in [-0.05, 0) is 6.07 Å². The lowest BCUT2D eigenvalue weighted by Gasteiger charge is -1.95. The highest BCUT2D eigenvalue weighted by Gasteiger charge is 2.10. The van der Waals surface area contributed by atoms with E-state index in [2.05, 4.69) is 9.97 Å². The summed E-state index contributed by atoms with van der Waals surface area (Å²) in [7, 11) is 0. The lowest BCUT2D eigenvalue weighted by Crippen LogP contribution is -2.04. The maximum atomic E-state index is 11.3. The summed E-state index contributed by atoms with van der Waals surface area (Å²) in [6.07, 6.45) is 4.83. The third kappa shape index (κ3) is 1.29. The Labute approximate surface area is 79.2 Å². The molecule has 4 nitrogen and oxygen atoms in total. The van der Waals surface area contributed by atoms with Crippen LogP contribution in [0.15, 0.2) is 24.7 Å². The smallest absolute Gasteiger partial charge is 0.234 e. The van der Waals surface area contributed by atoms with Crippen LogP contribution in [0.1, 0.15) is 10.5 Å². The van der Waals surface area contributed by atoms with Crippen LogP contribution in [0, 0.1) is 0 Å². The van der Waals surface area contributed by atoms with E-state index in [0.717, 1.165) is 0 Å². The second kappa shape index (κ2) is 3.14. The molecule has 0 aliphatic carbocycles. The number of carbonyl (C=O) groups is 1. The number of imidazole rings is 1. The number of halogens is 1. The Bertz CT molecular complexity index is 451. The van der Waals surface area contributed by atoms with Gasteiger partial charge in [0.15, 0.2) is 5.78 Å². The molecule has 0 atom stereocenters. The van der Waals surface area contributed by atoms with Crippen LogP contribution < -0.4 is 0 Å². The fraction of sp³-hybridized carbons (Fsp3) is 0.125. The molecular formula is C8H6ClN3O. The number of hydrogen-bond acceptors (Lipinski definition) is 3. The molecule has 2 aromatic rings. The second-order valence-corrected chi connectivity index (χ2v) is 2.76. The summed E-state index contributed by atoms with van der Waals surface area (Å²) < 4.78 is 1.62. The molecule has 0 aliphatic rings. The maximum absolute atomic E-state index is 11.3. The van der Waals surface area contributed by atoms with Gasteiger partial charge in [-0.1, -0.05) is 0 Å². The molecule has 0 aliphatic heterocycles. The van der Waals surface area contributed by atoms with Crippen LogP contribution in [0.25, 0.3) is 5.78 Å². The molecule has 2 heterocycles. The van der Waals surface area contributed by atoms with Crippen molar-refractivity contribution >= 4 is 23.2 Å². The van der Waals surface area contributed by atoms with Gasteiger partial charge in [-0.2, -0.15) is 0 Å². The van der Waals surface area contributed by atoms with E-state index in [1.165, 1.54) is 6.20 Å². The van der Waals surface area contributed by atoms with Crippen LogP contribution in [0.4, 0.5) is 0 Å². The number of alkyl halides is 1. The van der Waals surface area contributed by atoms with Crippen LogP contribution >= 0.6 is 11.6 Å². The molecule has 0 saturated carbocycles. The fourth-order valence-corrected chi connectivity index (χ4v) is 1.24. The minimum absolute atomic E-state index is 0.0390. The molecule has 0 spiro atoms. The van der Waals surface area contributed by atoms with Gasteiger partial charge in [-0.25, -0.2) is 9.97 Å². The van der Waals surface area contributed by atoms with Crippen LogP contribution in [0.3, 0.4) is 0 Å². The summed E-state index contributed by atoms with van der Waals surface area (Å²) in [5.74, 6) is 0.320. The normalized spacial score (nSPS) is 10.5. The topological polar surface area (TPSA) is 47.3 Å². The third-order valence-electron chi connectivity index (χ3n) is 1.70. The molecule has 0 unspecified atom stereocenters. The van der Waals surface area contributed by atoms with Gasteiger partial charge in [0.25, 0.3) is 0 Å². The van der Waals surface area contributed by atoms with Gasteiger partial charge < -0.3 is 0 Å². The first-order chi connectivity index (χ1) is 6.33. The van der Waals surface area contributed by atoms with Crippen molar-refractivity contribution in [2.45, 2.75) is 0 Å². The van der Waals surface area contributed by atoms with Gasteiger partial charge in [-0.15, -0.1) is 11.6 Å². The number of hydrogen-bond donors (Lipinski definition) is 0. The van der Waals surface area contributed by atoms with E-state index in [0.29, 0.717) is 11.5 Å². The molecule has 0 saturated heterocycles. The van der Waals surface area contributed by atoms with Crippen molar-refractivity contribution in [1.82, 2.24) is 14.4 Å². The fourth-order valence-electron chi connectivity index (χ4n) is 1.10.